The van der Waals surface area contributed by atoms with E-state index in [1.807, 2.05) is 48.5 Å². The zero-order valence-corrected chi connectivity index (χ0v) is 12.8. The van der Waals surface area contributed by atoms with Crippen molar-refractivity contribution in [3.8, 4) is 11.1 Å². The lowest BCUT2D eigenvalue weighted by atomic mass is 10.0. The van der Waals surface area contributed by atoms with Crippen LogP contribution in [0.15, 0.2) is 48.5 Å². The number of carbonyl (C=O) groups is 2. The summed E-state index contributed by atoms with van der Waals surface area (Å²) in [6.45, 7) is 1.59. The van der Waals surface area contributed by atoms with E-state index >= 15 is 0 Å². The van der Waals surface area contributed by atoms with Crippen molar-refractivity contribution in [1.82, 2.24) is 5.06 Å². The second-order valence-corrected chi connectivity index (χ2v) is 5.83. The molecule has 118 valence electrons. The molecule has 0 saturated heterocycles. The first-order chi connectivity index (χ1) is 11.0. The Morgan fingerprint density at radius 2 is 1.57 bits per heavy atom. The molecule has 0 saturated carbocycles. The summed E-state index contributed by atoms with van der Waals surface area (Å²) in [6.07, 6.45) is -0.0914. The molecule has 0 aliphatic heterocycles. The Labute approximate surface area is 134 Å². The Morgan fingerprint density at radius 1 is 1.09 bits per heavy atom. The van der Waals surface area contributed by atoms with Crippen LogP contribution >= 0.6 is 0 Å². The molecule has 3 rings (SSSR count). The number of amides is 2. The predicted molar refractivity (Wildman–Crippen MR) is 85.3 cm³/mol. The Kier molecular flexibility index (Phi) is 3.88. The Morgan fingerprint density at radius 3 is 2.04 bits per heavy atom. The normalized spacial score (nSPS) is 14.0. The van der Waals surface area contributed by atoms with Crippen molar-refractivity contribution in [3.05, 3.63) is 59.7 Å². The zero-order chi connectivity index (χ0) is 16.6. The lowest BCUT2D eigenvalue weighted by Crippen LogP contribution is -2.36. The number of nitrogens with two attached hydrogens (primary N) is 1. The fraction of sp³-hybridized carbons (Fsp3) is 0.222. The van der Waals surface area contributed by atoms with Crippen LogP contribution in [0.4, 0.5) is 0 Å². The lowest BCUT2D eigenvalue weighted by Gasteiger charge is -2.26. The van der Waals surface area contributed by atoms with Gasteiger partial charge in [-0.15, -0.1) is 0 Å². The summed E-state index contributed by atoms with van der Waals surface area (Å²) in [5.74, 6) is -1.75. The van der Waals surface area contributed by atoms with Gasteiger partial charge >= 0.3 is 0 Å². The third kappa shape index (κ3) is 2.59. The highest BCUT2D eigenvalue weighted by Crippen LogP contribution is 2.45. The molecular formula is C18H18N2O3. The van der Waals surface area contributed by atoms with Gasteiger partial charge in [0.1, 0.15) is 6.04 Å². The average Bonchev–Trinajstić information content (AvgIpc) is 2.87. The van der Waals surface area contributed by atoms with Crippen LogP contribution < -0.4 is 5.73 Å². The van der Waals surface area contributed by atoms with E-state index in [9.17, 15) is 14.8 Å². The highest BCUT2D eigenvalue weighted by Gasteiger charge is 2.36. The van der Waals surface area contributed by atoms with Crippen LogP contribution in [0.25, 0.3) is 11.1 Å². The van der Waals surface area contributed by atoms with Gasteiger partial charge in [-0.2, -0.15) is 0 Å². The minimum Gasteiger partial charge on any atom is -0.370 e. The van der Waals surface area contributed by atoms with Gasteiger partial charge in [-0.1, -0.05) is 55.5 Å². The number of rotatable bonds is 4. The number of benzene rings is 2. The van der Waals surface area contributed by atoms with E-state index in [4.69, 9.17) is 5.73 Å². The smallest absolute Gasteiger partial charge is 0.250 e. The molecule has 5 nitrogen and oxygen atoms in total. The molecule has 2 amide bonds. The maximum atomic E-state index is 12.5. The molecule has 1 aliphatic carbocycles. The zero-order valence-electron chi connectivity index (χ0n) is 12.8. The summed E-state index contributed by atoms with van der Waals surface area (Å²) < 4.78 is 0. The molecule has 3 N–H and O–H groups in total. The predicted octanol–water partition coefficient (Wildman–Crippen LogP) is 2.49. The number of hydrogen-bond donors (Lipinski definition) is 2. The van der Waals surface area contributed by atoms with Crippen LogP contribution in [-0.4, -0.2) is 22.1 Å². The lowest BCUT2D eigenvalue weighted by molar-refractivity contribution is -0.177. The molecule has 0 aromatic heterocycles. The number of nitrogens with zero attached hydrogens (tertiary/aromatic N) is 1. The maximum absolute atomic E-state index is 12.5. The molecule has 1 atom stereocenters. The van der Waals surface area contributed by atoms with Crippen molar-refractivity contribution < 1.29 is 14.8 Å². The second kappa shape index (κ2) is 5.85. The van der Waals surface area contributed by atoms with Gasteiger partial charge in [0.2, 0.25) is 11.8 Å². The first-order valence-electron chi connectivity index (χ1n) is 7.49. The monoisotopic (exact) mass is 310 g/mol. The van der Waals surface area contributed by atoms with Crippen molar-refractivity contribution >= 4 is 11.8 Å². The fourth-order valence-electron chi connectivity index (χ4n) is 3.13. The highest BCUT2D eigenvalue weighted by atomic mass is 16.5. The van der Waals surface area contributed by atoms with Gasteiger partial charge in [0.05, 0.1) is 0 Å². The molecule has 1 unspecified atom stereocenters. The van der Waals surface area contributed by atoms with Crippen LogP contribution in [0, 0.1) is 5.92 Å². The summed E-state index contributed by atoms with van der Waals surface area (Å²) in [7, 11) is 0. The largest absolute Gasteiger partial charge is 0.370 e. The number of primary amides is 1. The van der Waals surface area contributed by atoms with Gasteiger partial charge in [-0.3, -0.25) is 14.8 Å². The quantitative estimate of drug-likeness (QED) is 0.672. The first-order valence-corrected chi connectivity index (χ1v) is 7.49. The maximum Gasteiger partial charge on any atom is 0.250 e. The van der Waals surface area contributed by atoms with E-state index in [2.05, 4.69) is 0 Å². The van der Waals surface area contributed by atoms with Crippen LogP contribution in [0.5, 0.6) is 0 Å². The third-order valence-electron chi connectivity index (χ3n) is 4.20. The van der Waals surface area contributed by atoms with E-state index in [0.29, 0.717) is 0 Å². The Bertz CT molecular complexity index is 727. The van der Waals surface area contributed by atoms with E-state index in [0.717, 1.165) is 27.3 Å². The molecule has 1 aliphatic rings. The number of fused-ring (bicyclic) bond motifs is 3. The van der Waals surface area contributed by atoms with Gasteiger partial charge in [-0.25, -0.2) is 5.06 Å². The van der Waals surface area contributed by atoms with Crippen molar-refractivity contribution in [2.24, 2.45) is 11.7 Å². The molecule has 23 heavy (non-hydrogen) atoms. The van der Waals surface area contributed by atoms with Gasteiger partial charge in [0.25, 0.3) is 0 Å². The van der Waals surface area contributed by atoms with E-state index < -0.39 is 23.8 Å². The minimum absolute atomic E-state index is 0.0914. The second-order valence-electron chi connectivity index (χ2n) is 5.83. The van der Waals surface area contributed by atoms with E-state index in [-0.39, 0.29) is 6.42 Å². The summed E-state index contributed by atoms with van der Waals surface area (Å²) in [6, 6.07) is 14.8. The number of hydrogen-bond acceptors (Lipinski definition) is 3. The van der Waals surface area contributed by atoms with Crippen LogP contribution in [0.3, 0.4) is 0 Å². The number of carbonyl (C=O) groups excluding carboxylic acids is 2. The molecular weight excluding hydrogens is 292 g/mol. The molecule has 5 heteroatoms. The van der Waals surface area contributed by atoms with E-state index in [1.165, 1.54) is 0 Å². The SMILES string of the molecule is CC(CC(N)=O)C(=O)N(O)C1c2ccccc2-c2ccccc21. The first kappa shape index (κ1) is 15.2. The van der Waals surface area contributed by atoms with Gasteiger partial charge < -0.3 is 5.73 Å². The molecule has 2 aromatic rings. The summed E-state index contributed by atoms with van der Waals surface area (Å²) >= 11 is 0. The molecule has 0 bridgehead atoms. The fourth-order valence-corrected chi connectivity index (χ4v) is 3.13. The summed E-state index contributed by atoms with van der Waals surface area (Å²) in [4.78, 5) is 23.5. The van der Waals surface area contributed by atoms with Gasteiger partial charge in [0, 0.05) is 12.3 Å². The van der Waals surface area contributed by atoms with Crippen LogP contribution in [0.2, 0.25) is 0 Å². The topological polar surface area (TPSA) is 83.6 Å². The van der Waals surface area contributed by atoms with Gasteiger partial charge in [0.15, 0.2) is 0 Å². The van der Waals surface area contributed by atoms with Crippen molar-refractivity contribution in [3.63, 3.8) is 0 Å². The number of hydroxylamine groups is 2. The molecule has 0 spiro atoms. The third-order valence-corrected chi connectivity index (χ3v) is 4.20. The molecule has 0 radical (unpaired) electrons. The Hall–Kier alpha value is -2.66. The minimum atomic E-state index is -0.669. The highest BCUT2D eigenvalue weighted by molar-refractivity contribution is 5.86. The average molecular weight is 310 g/mol. The summed E-state index contributed by atoms with van der Waals surface area (Å²) in [5, 5.41) is 11.3. The van der Waals surface area contributed by atoms with E-state index in [1.54, 1.807) is 6.92 Å². The molecule has 0 fully saturated rings. The molecule has 0 heterocycles. The van der Waals surface area contributed by atoms with Crippen LogP contribution in [-0.2, 0) is 9.59 Å². The standard InChI is InChI=1S/C18H18N2O3/c1-11(10-16(19)21)18(22)20(23)17-14-8-4-2-6-12(14)13-7-3-5-9-15(13)17/h2-9,11,17,23H,10H2,1H3,(H2,19,21). The van der Waals surface area contributed by atoms with Crippen molar-refractivity contribution in [2.45, 2.75) is 19.4 Å². The van der Waals surface area contributed by atoms with Crippen LogP contribution in [0.1, 0.15) is 30.5 Å². The summed E-state index contributed by atoms with van der Waals surface area (Å²) in [5.41, 5.74) is 8.89. The van der Waals surface area contributed by atoms with Crippen molar-refractivity contribution in [1.29, 1.82) is 0 Å². The van der Waals surface area contributed by atoms with Crippen molar-refractivity contribution in [2.75, 3.05) is 0 Å². The Balaban J connectivity index is 1.99. The molecule has 2 aromatic carbocycles. The van der Waals surface area contributed by atoms with Gasteiger partial charge in [-0.05, 0) is 22.3 Å².